The van der Waals surface area contributed by atoms with E-state index in [0.29, 0.717) is 22.6 Å². The summed E-state index contributed by atoms with van der Waals surface area (Å²) in [5.74, 6) is 0.232. The lowest BCUT2D eigenvalue weighted by atomic mass is 10.1. The molecule has 0 spiro atoms. The Morgan fingerprint density at radius 1 is 1.15 bits per heavy atom. The van der Waals surface area contributed by atoms with Crippen LogP contribution in [-0.4, -0.2) is 30.2 Å². The van der Waals surface area contributed by atoms with Gasteiger partial charge in [-0.15, -0.1) is 0 Å². The third-order valence-corrected chi connectivity index (χ3v) is 3.48. The third-order valence-electron chi connectivity index (χ3n) is 3.48. The van der Waals surface area contributed by atoms with E-state index >= 15 is 0 Å². The van der Waals surface area contributed by atoms with E-state index in [2.05, 4.69) is 15.5 Å². The maximum Gasteiger partial charge on any atom is 0.337 e. The number of benzene rings is 1. The van der Waals surface area contributed by atoms with Crippen LogP contribution in [-0.2, 0) is 4.74 Å². The number of methoxy groups -OCH3 is 1. The molecule has 7 heteroatoms. The quantitative estimate of drug-likeness (QED) is 0.434. The lowest BCUT2D eigenvalue weighted by molar-refractivity contribution is 0.0600. The molecule has 0 unspecified atom stereocenters. The fourth-order valence-electron chi connectivity index (χ4n) is 2.21. The van der Waals surface area contributed by atoms with Gasteiger partial charge in [-0.2, -0.15) is 5.10 Å². The van der Waals surface area contributed by atoms with Gasteiger partial charge in [0.2, 0.25) is 0 Å². The highest BCUT2D eigenvalue weighted by Crippen LogP contribution is 2.22. The smallest absolute Gasteiger partial charge is 0.337 e. The van der Waals surface area contributed by atoms with Crippen molar-refractivity contribution >= 4 is 18.1 Å². The average molecular weight is 349 g/mol. The van der Waals surface area contributed by atoms with E-state index in [1.54, 1.807) is 48.7 Å². The van der Waals surface area contributed by atoms with Gasteiger partial charge in [-0.1, -0.05) is 12.1 Å². The van der Waals surface area contributed by atoms with Crippen LogP contribution in [0.15, 0.2) is 70.4 Å². The summed E-state index contributed by atoms with van der Waals surface area (Å²) >= 11 is 0. The van der Waals surface area contributed by atoms with Crippen molar-refractivity contribution in [2.24, 2.45) is 5.10 Å². The van der Waals surface area contributed by atoms with Gasteiger partial charge in [-0.05, 0) is 36.4 Å². The molecule has 0 bridgehead atoms. The number of nitrogens with one attached hydrogen (secondary N) is 1. The maximum absolute atomic E-state index is 11.9. The molecule has 0 aliphatic rings. The molecule has 26 heavy (non-hydrogen) atoms. The number of nitrogens with zero attached hydrogens (tertiary/aromatic N) is 2. The van der Waals surface area contributed by atoms with E-state index in [-0.39, 0.29) is 5.91 Å². The van der Waals surface area contributed by atoms with Gasteiger partial charge in [0.05, 0.1) is 24.5 Å². The number of pyridine rings is 1. The Morgan fingerprint density at radius 3 is 2.77 bits per heavy atom. The Morgan fingerprint density at radius 2 is 2.00 bits per heavy atom. The monoisotopic (exact) mass is 349 g/mol. The first-order valence-electron chi connectivity index (χ1n) is 7.69. The second-order valence-corrected chi connectivity index (χ2v) is 5.22. The third kappa shape index (κ3) is 4.02. The van der Waals surface area contributed by atoms with Crippen molar-refractivity contribution in [3.63, 3.8) is 0 Å². The molecule has 1 amide bonds. The Labute approximate surface area is 149 Å². The number of amides is 1. The Hall–Kier alpha value is -3.74. The van der Waals surface area contributed by atoms with Crippen LogP contribution in [0, 0.1) is 0 Å². The predicted octanol–water partition coefficient (Wildman–Crippen LogP) is 2.89. The van der Waals surface area contributed by atoms with Gasteiger partial charge in [0.15, 0.2) is 0 Å². The molecule has 0 aliphatic heterocycles. The molecule has 2 heterocycles. The fourth-order valence-corrected chi connectivity index (χ4v) is 2.21. The summed E-state index contributed by atoms with van der Waals surface area (Å²) in [7, 11) is 1.33. The predicted molar refractivity (Wildman–Crippen MR) is 94.8 cm³/mol. The largest absolute Gasteiger partial charge is 0.465 e. The van der Waals surface area contributed by atoms with Gasteiger partial charge in [-0.25, -0.2) is 10.2 Å². The normalized spacial score (nSPS) is 10.7. The van der Waals surface area contributed by atoms with Crippen molar-refractivity contribution in [3.05, 3.63) is 77.8 Å². The number of aromatic nitrogens is 1. The molecule has 7 nitrogen and oxygen atoms in total. The lowest BCUT2D eigenvalue weighted by Gasteiger charge is -2.01. The van der Waals surface area contributed by atoms with E-state index < -0.39 is 5.97 Å². The molecule has 0 saturated carbocycles. The first-order chi connectivity index (χ1) is 12.7. The molecule has 0 radical (unpaired) electrons. The van der Waals surface area contributed by atoms with Gasteiger partial charge >= 0.3 is 5.97 Å². The summed E-state index contributed by atoms with van der Waals surface area (Å²) in [6, 6.07) is 13.7. The molecule has 1 N–H and O–H groups in total. The van der Waals surface area contributed by atoms with Crippen LogP contribution < -0.4 is 5.43 Å². The van der Waals surface area contributed by atoms with Crippen LogP contribution in [0.3, 0.4) is 0 Å². The maximum atomic E-state index is 11.9. The zero-order valence-electron chi connectivity index (χ0n) is 13.9. The average Bonchev–Trinajstić information content (AvgIpc) is 3.17. The molecule has 2 aromatic heterocycles. The molecule has 1 aromatic carbocycles. The van der Waals surface area contributed by atoms with E-state index in [0.717, 1.165) is 5.56 Å². The highest BCUT2D eigenvalue weighted by atomic mass is 16.5. The van der Waals surface area contributed by atoms with Crippen LogP contribution in [0.4, 0.5) is 0 Å². The summed E-state index contributed by atoms with van der Waals surface area (Å²) in [5.41, 5.74) is 3.96. The second kappa shape index (κ2) is 7.89. The number of carbonyl (C=O) groups excluding carboxylic acids is 2. The number of rotatable bonds is 5. The zero-order chi connectivity index (χ0) is 18.4. The van der Waals surface area contributed by atoms with E-state index in [9.17, 15) is 9.59 Å². The van der Waals surface area contributed by atoms with Crippen molar-refractivity contribution in [2.45, 2.75) is 0 Å². The summed E-state index contributed by atoms with van der Waals surface area (Å²) in [6.45, 7) is 0. The summed E-state index contributed by atoms with van der Waals surface area (Å²) in [4.78, 5) is 27.3. The highest BCUT2D eigenvalue weighted by molar-refractivity contribution is 5.94. The first-order valence-corrected chi connectivity index (χ1v) is 7.69. The summed E-state index contributed by atoms with van der Waals surface area (Å²) in [5, 5.41) is 3.86. The highest BCUT2D eigenvalue weighted by Gasteiger charge is 2.09. The van der Waals surface area contributed by atoms with Crippen LogP contribution >= 0.6 is 0 Å². The second-order valence-electron chi connectivity index (χ2n) is 5.22. The number of hydrazone groups is 1. The van der Waals surface area contributed by atoms with Crippen LogP contribution in [0.25, 0.3) is 11.3 Å². The van der Waals surface area contributed by atoms with Gasteiger partial charge in [-0.3, -0.25) is 9.78 Å². The van der Waals surface area contributed by atoms with Gasteiger partial charge in [0.25, 0.3) is 5.91 Å². The molecule has 0 atom stereocenters. The van der Waals surface area contributed by atoms with E-state index in [4.69, 9.17) is 9.15 Å². The molecule has 0 aliphatic carbocycles. The molecule has 3 rings (SSSR count). The summed E-state index contributed by atoms with van der Waals surface area (Å²) < 4.78 is 10.4. The van der Waals surface area contributed by atoms with Crippen LogP contribution in [0.5, 0.6) is 0 Å². The van der Waals surface area contributed by atoms with Crippen molar-refractivity contribution in [3.8, 4) is 11.3 Å². The number of esters is 1. The fraction of sp³-hybridized carbons (Fsp3) is 0.0526. The molecular weight excluding hydrogens is 334 g/mol. The number of hydrogen-bond donors (Lipinski definition) is 1. The Kier molecular flexibility index (Phi) is 5.19. The standard InChI is InChI=1S/C19H15N3O4/c1-25-19(24)14-5-2-4-13(10-14)17-8-7-16(26-17)12-21-22-18(23)15-6-3-9-20-11-15/h2-12H,1H3,(H,22,23)/b21-12+. The minimum Gasteiger partial charge on any atom is -0.465 e. The molecule has 0 fully saturated rings. The van der Waals surface area contributed by atoms with Crippen molar-refractivity contribution in [2.75, 3.05) is 7.11 Å². The molecule has 130 valence electrons. The minimum absolute atomic E-state index is 0.369. The summed E-state index contributed by atoms with van der Waals surface area (Å²) in [6.07, 6.45) is 4.42. The topological polar surface area (TPSA) is 93.8 Å². The SMILES string of the molecule is COC(=O)c1cccc(-c2ccc(/C=N/NC(=O)c3cccnc3)o2)c1. The van der Waals surface area contributed by atoms with Crippen LogP contribution in [0.1, 0.15) is 26.5 Å². The number of carbonyl (C=O) groups is 2. The lowest BCUT2D eigenvalue weighted by Crippen LogP contribution is -2.17. The number of furan rings is 1. The van der Waals surface area contributed by atoms with E-state index in [1.807, 2.05) is 6.07 Å². The number of ether oxygens (including phenoxy) is 1. The molecule has 3 aromatic rings. The van der Waals surface area contributed by atoms with Crippen molar-refractivity contribution in [1.82, 2.24) is 10.4 Å². The van der Waals surface area contributed by atoms with Crippen LogP contribution in [0.2, 0.25) is 0 Å². The minimum atomic E-state index is -0.418. The molecule has 0 saturated heterocycles. The Balaban J connectivity index is 1.68. The van der Waals surface area contributed by atoms with Gasteiger partial charge in [0.1, 0.15) is 11.5 Å². The van der Waals surface area contributed by atoms with Gasteiger partial charge < -0.3 is 9.15 Å². The number of hydrogen-bond acceptors (Lipinski definition) is 6. The molecular formula is C19H15N3O4. The zero-order valence-corrected chi connectivity index (χ0v) is 13.9. The van der Waals surface area contributed by atoms with Gasteiger partial charge in [0, 0.05) is 18.0 Å². The Bertz CT molecular complexity index is 948. The van der Waals surface area contributed by atoms with Crippen molar-refractivity contribution in [1.29, 1.82) is 0 Å². The van der Waals surface area contributed by atoms with E-state index in [1.165, 1.54) is 19.5 Å². The first kappa shape index (κ1) is 17.1. The van der Waals surface area contributed by atoms with Crippen molar-refractivity contribution < 1.29 is 18.7 Å².